The molecule has 4 rings (SSSR count). The molecule has 0 aromatic carbocycles. The van der Waals surface area contributed by atoms with Crippen LogP contribution in [0.4, 0.5) is 0 Å². The summed E-state index contributed by atoms with van der Waals surface area (Å²) in [6.45, 7) is 0. The Hall–Kier alpha value is 0.440. The molecule has 1 aliphatic heterocycles. The molecule has 7 atom stereocenters. The zero-order valence-electron chi connectivity index (χ0n) is 6.95. The summed E-state index contributed by atoms with van der Waals surface area (Å²) in [7, 11) is 0. The third-order valence-electron chi connectivity index (χ3n) is 4.67. The van der Waals surface area contributed by atoms with Gasteiger partial charge in [-0.3, -0.25) is 0 Å². The van der Waals surface area contributed by atoms with E-state index in [4.69, 9.17) is 4.74 Å². The smallest absolute Gasteiger partial charge is 0.0875 e. The Morgan fingerprint density at radius 1 is 1.08 bits per heavy atom. The van der Waals surface area contributed by atoms with Crippen molar-refractivity contribution < 1.29 is 4.74 Å². The van der Waals surface area contributed by atoms with E-state index in [1.54, 1.807) is 0 Å². The van der Waals surface area contributed by atoms with Gasteiger partial charge < -0.3 is 4.74 Å². The number of fused-ring (bicyclic) bond motifs is 7. The van der Waals surface area contributed by atoms with Crippen LogP contribution in [0.1, 0.15) is 19.3 Å². The normalized spacial score (nSPS) is 71.2. The van der Waals surface area contributed by atoms with Crippen LogP contribution in [0.3, 0.4) is 0 Å². The Morgan fingerprint density at radius 3 is 2.92 bits per heavy atom. The Kier molecular flexibility index (Phi) is 1.10. The Balaban J connectivity index is 1.74. The summed E-state index contributed by atoms with van der Waals surface area (Å²) in [6.07, 6.45) is 5.74. The summed E-state index contributed by atoms with van der Waals surface area (Å²) in [5.74, 6) is 4.05. The molecule has 1 saturated heterocycles. The SMILES string of the molecule is Br[C@H]1C[C@@H]2C[C@H]1[C@@H]1[C@@H]2C[C@H]2O[C@H]12. The number of rotatable bonds is 0. The van der Waals surface area contributed by atoms with E-state index in [2.05, 4.69) is 15.9 Å². The first-order valence-corrected chi connectivity index (χ1v) is 6.05. The first kappa shape index (κ1) is 6.83. The lowest BCUT2D eigenvalue weighted by molar-refractivity contribution is 0.151. The maximum Gasteiger partial charge on any atom is 0.0875 e. The molecule has 1 heterocycles. The summed E-state index contributed by atoms with van der Waals surface area (Å²) < 4.78 is 5.65. The second kappa shape index (κ2) is 1.93. The standard InChI is InChI=1S/C10H13BrO/c11-7-2-4-1-6(7)9-5(4)3-8-10(9)12-8/h4-10H,1-3H2/t4-,5+,6+,7-,8+,9-,10-/m0/s1. The molecule has 0 aromatic heterocycles. The Bertz CT molecular complexity index is 242. The van der Waals surface area contributed by atoms with Crippen molar-refractivity contribution in [2.24, 2.45) is 23.7 Å². The van der Waals surface area contributed by atoms with Crippen LogP contribution in [-0.2, 0) is 4.74 Å². The van der Waals surface area contributed by atoms with Crippen LogP contribution in [0, 0.1) is 23.7 Å². The van der Waals surface area contributed by atoms with Crippen molar-refractivity contribution in [3.8, 4) is 0 Å². The molecule has 2 bridgehead atoms. The van der Waals surface area contributed by atoms with E-state index < -0.39 is 0 Å². The minimum atomic E-state index is 0.697. The van der Waals surface area contributed by atoms with E-state index in [0.29, 0.717) is 12.2 Å². The summed E-state index contributed by atoms with van der Waals surface area (Å²) >= 11 is 3.82. The van der Waals surface area contributed by atoms with Gasteiger partial charge in [-0.25, -0.2) is 0 Å². The second-order valence-corrected chi connectivity index (χ2v) is 6.20. The topological polar surface area (TPSA) is 12.5 Å². The monoisotopic (exact) mass is 228 g/mol. The molecule has 2 heteroatoms. The molecule has 1 nitrogen and oxygen atoms in total. The molecule has 3 saturated carbocycles. The van der Waals surface area contributed by atoms with Gasteiger partial charge in [-0.1, -0.05) is 15.9 Å². The van der Waals surface area contributed by atoms with Gasteiger partial charge in [-0.2, -0.15) is 0 Å². The van der Waals surface area contributed by atoms with Gasteiger partial charge in [0, 0.05) is 4.83 Å². The van der Waals surface area contributed by atoms with E-state index in [1.165, 1.54) is 19.3 Å². The molecule has 66 valence electrons. The molecule has 0 aromatic rings. The van der Waals surface area contributed by atoms with E-state index in [1.807, 2.05) is 0 Å². The number of hydrogen-bond acceptors (Lipinski definition) is 1. The first-order chi connectivity index (χ1) is 5.84. The van der Waals surface area contributed by atoms with Gasteiger partial charge in [0.25, 0.3) is 0 Å². The third kappa shape index (κ3) is 0.630. The van der Waals surface area contributed by atoms with Crippen LogP contribution < -0.4 is 0 Å². The molecular formula is C10H13BrO. The lowest BCUT2D eigenvalue weighted by atomic mass is 9.81. The summed E-state index contributed by atoms with van der Waals surface area (Å²) in [5, 5.41) is 0. The van der Waals surface area contributed by atoms with E-state index in [0.717, 1.165) is 28.5 Å². The van der Waals surface area contributed by atoms with Crippen molar-refractivity contribution in [1.82, 2.24) is 0 Å². The van der Waals surface area contributed by atoms with Gasteiger partial charge in [0.05, 0.1) is 12.2 Å². The van der Waals surface area contributed by atoms with Crippen molar-refractivity contribution in [3.05, 3.63) is 0 Å². The van der Waals surface area contributed by atoms with Crippen molar-refractivity contribution in [3.63, 3.8) is 0 Å². The highest BCUT2D eigenvalue weighted by Crippen LogP contribution is 2.65. The Morgan fingerprint density at radius 2 is 2.00 bits per heavy atom. The fourth-order valence-electron chi connectivity index (χ4n) is 4.23. The zero-order chi connectivity index (χ0) is 7.87. The van der Waals surface area contributed by atoms with Gasteiger partial charge in [0.2, 0.25) is 0 Å². The van der Waals surface area contributed by atoms with Crippen LogP contribution in [0.2, 0.25) is 0 Å². The van der Waals surface area contributed by atoms with E-state index in [-0.39, 0.29) is 0 Å². The molecule has 0 unspecified atom stereocenters. The number of alkyl halides is 1. The van der Waals surface area contributed by atoms with Crippen LogP contribution in [-0.4, -0.2) is 17.0 Å². The highest BCUT2D eigenvalue weighted by molar-refractivity contribution is 9.09. The van der Waals surface area contributed by atoms with Crippen molar-refractivity contribution in [2.45, 2.75) is 36.3 Å². The number of epoxide rings is 1. The molecule has 0 N–H and O–H groups in total. The molecular weight excluding hydrogens is 216 g/mol. The van der Waals surface area contributed by atoms with Crippen LogP contribution in [0.15, 0.2) is 0 Å². The molecule has 0 radical (unpaired) electrons. The van der Waals surface area contributed by atoms with Crippen LogP contribution >= 0.6 is 15.9 Å². The van der Waals surface area contributed by atoms with Gasteiger partial charge in [0.1, 0.15) is 0 Å². The number of halogens is 1. The minimum absolute atomic E-state index is 0.697. The third-order valence-corrected chi connectivity index (χ3v) is 5.72. The molecule has 0 amide bonds. The highest BCUT2D eigenvalue weighted by Gasteiger charge is 2.66. The van der Waals surface area contributed by atoms with Gasteiger partial charge in [0.15, 0.2) is 0 Å². The first-order valence-electron chi connectivity index (χ1n) is 5.14. The molecule has 3 aliphatic carbocycles. The maximum atomic E-state index is 5.65. The predicted octanol–water partition coefficient (Wildman–Crippen LogP) is 2.19. The average molecular weight is 229 g/mol. The lowest BCUT2D eigenvalue weighted by Crippen LogP contribution is -2.28. The quantitative estimate of drug-likeness (QED) is 0.458. The Labute approximate surface area is 81.0 Å². The predicted molar refractivity (Wildman–Crippen MR) is 49.2 cm³/mol. The van der Waals surface area contributed by atoms with Crippen molar-refractivity contribution >= 4 is 15.9 Å². The van der Waals surface area contributed by atoms with E-state index >= 15 is 0 Å². The summed E-state index contributed by atoms with van der Waals surface area (Å²) in [4.78, 5) is 0.826. The maximum absolute atomic E-state index is 5.65. The van der Waals surface area contributed by atoms with Crippen molar-refractivity contribution in [1.29, 1.82) is 0 Å². The molecule has 12 heavy (non-hydrogen) atoms. The number of hydrogen-bond donors (Lipinski definition) is 0. The summed E-state index contributed by atoms with van der Waals surface area (Å²) in [5.41, 5.74) is 0. The van der Waals surface area contributed by atoms with Crippen LogP contribution in [0.5, 0.6) is 0 Å². The molecule has 0 spiro atoms. The van der Waals surface area contributed by atoms with Crippen LogP contribution in [0.25, 0.3) is 0 Å². The molecule has 4 aliphatic rings. The number of ether oxygens (including phenoxy) is 1. The minimum Gasteiger partial charge on any atom is -0.369 e. The fourth-order valence-corrected chi connectivity index (χ4v) is 5.28. The molecule has 4 fully saturated rings. The van der Waals surface area contributed by atoms with Crippen molar-refractivity contribution in [2.75, 3.05) is 0 Å². The lowest BCUT2D eigenvalue weighted by Gasteiger charge is -2.29. The summed E-state index contributed by atoms with van der Waals surface area (Å²) in [6, 6.07) is 0. The van der Waals surface area contributed by atoms with Gasteiger partial charge in [-0.15, -0.1) is 0 Å². The van der Waals surface area contributed by atoms with Gasteiger partial charge in [-0.05, 0) is 42.9 Å². The second-order valence-electron chi connectivity index (χ2n) is 5.03. The highest BCUT2D eigenvalue weighted by atomic mass is 79.9. The fraction of sp³-hybridized carbons (Fsp3) is 1.00. The largest absolute Gasteiger partial charge is 0.369 e. The average Bonchev–Trinajstić information content (AvgIpc) is 2.42. The van der Waals surface area contributed by atoms with E-state index in [9.17, 15) is 0 Å². The van der Waals surface area contributed by atoms with Gasteiger partial charge >= 0.3 is 0 Å². The zero-order valence-corrected chi connectivity index (χ0v) is 8.53.